The second-order valence-electron chi connectivity index (χ2n) is 6.29. The summed E-state index contributed by atoms with van der Waals surface area (Å²) in [6.07, 6.45) is 1.00. The van der Waals surface area contributed by atoms with Crippen molar-refractivity contribution in [1.82, 2.24) is 25.1 Å². The minimum Gasteiger partial charge on any atom is -0.334 e. The van der Waals surface area contributed by atoms with E-state index in [4.69, 9.17) is 4.52 Å². The highest BCUT2D eigenvalue weighted by Gasteiger charge is 2.16. The Kier molecular flexibility index (Phi) is 3.80. The van der Waals surface area contributed by atoms with Gasteiger partial charge in [-0.25, -0.2) is 4.68 Å². The molecule has 0 fully saturated rings. The molecule has 2 aromatic carbocycles. The maximum atomic E-state index is 5.52. The monoisotopic (exact) mass is 333 g/mol. The largest absolute Gasteiger partial charge is 0.334 e. The van der Waals surface area contributed by atoms with E-state index in [0.717, 1.165) is 35.1 Å². The van der Waals surface area contributed by atoms with Crippen LogP contribution in [0.3, 0.4) is 0 Å². The molecule has 0 aliphatic rings. The molecule has 0 saturated heterocycles. The molecule has 6 heteroatoms. The van der Waals surface area contributed by atoms with Gasteiger partial charge in [0.25, 0.3) is 5.89 Å². The summed E-state index contributed by atoms with van der Waals surface area (Å²) in [5.74, 6) is 1.04. The van der Waals surface area contributed by atoms with Crippen LogP contribution in [0.15, 0.2) is 40.9 Å². The first-order chi connectivity index (χ1) is 12.2. The minimum atomic E-state index is 0.461. The van der Waals surface area contributed by atoms with Gasteiger partial charge in [0.15, 0.2) is 0 Å². The molecule has 2 heterocycles. The van der Waals surface area contributed by atoms with Gasteiger partial charge in [-0.3, -0.25) is 0 Å². The molecule has 0 aliphatic carbocycles. The number of aryl methyl sites for hydroxylation is 3. The Morgan fingerprint density at radius 3 is 2.64 bits per heavy atom. The molecule has 0 spiro atoms. The predicted octanol–water partition coefficient (Wildman–Crippen LogP) is 4.18. The molecule has 126 valence electrons. The SMILES string of the molecule is CCCn1nnc2c(-c3nc(-c4cc(C)cc(C)c4)no3)cccc21. The number of hydrogen-bond acceptors (Lipinski definition) is 5. The summed E-state index contributed by atoms with van der Waals surface area (Å²) in [5.41, 5.74) is 5.87. The molecule has 0 N–H and O–H groups in total. The summed E-state index contributed by atoms with van der Waals surface area (Å²) >= 11 is 0. The van der Waals surface area contributed by atoms with Crippen molar-refractivity contribution in [2.75, 3.05) is 0 Å². The normalized spacial score (nSPS) is 11.3. The van der Waals surface area contributed by atoms with E-state index in [1.807, 2.05) is 22.9 Å². The Balaban J connectivity index is 1.79. The second-order valence-corrected chi connectivity index (χ2v) is 6.29. The lowest BCUT2D eigenvalue weighted by molar-refractivity contribution is 0.432. The van der Waals surface area contributed by atoms with Crippen LogP contribution < -0.4 is 0 Å². The lowest BCUT2D eigenvalue weighted by Gasteiger charge is -2.00. The summed E-state index contributed by atoms with van der Waals surface area (Å²) < 4.78 is 7.43. The standard InChI is InChI=1S/C19H19N5O/c1-4-8-24-16-7-5-6-15(17(16)21-23-24)19-20-18(22-25-19)14-10-12(2)9-13(3)11-14/h5-7,9-11H,4,8H2,1-3H3. The molecule has 0 amide bonds. The lowest BCUT2D eigenvalue weighted by atomic mass is 10.1. The fourth-order valence-corrected chi connectivity index (χ4v) is 3.10. The van der Waals surface area contributed by atoms with Crippen molar-refractivity contribution in [3.63, 3.8) is 0 Å². The lowest BCUT2D eigenvalue weighted by Crippen LogP contribution is -1.98. The fraction of sp³-hybridized carbons (Fsp3) is 0.263. The van der Waals surface area contributed by atoms with Crippen molar-refractivity contribution in [2.24, 2.45) is 0 Å². The van der Waals surface area contributed by atoms with Crippen LogP contribution in [0.4, 0.5) is 0 Å². The van der Waals surface area contributed by atoms with Crippen LogP contribution in [0.2, 0.25) is 0 Å². The number of benzene rings is 2. The van der Waals surface area contributed by atoms with Gasteiger partial charge in [-0.1, -0.05) is 40.6 Å². The average Bonchev–Trinajstić information content (AvgIpc) is 3.22. The molecular formula is C19H19N5O. The van der Waals surface area contributed by atoms with Gasteiger partial charge in [-0.05, 0) is 44.5 Å². The highest BCUT2D eigenvalue weighted by Crippen LogP contribution is 2.28. The molecule has 0 radical (unpaired) electrons. The number of hydrogen-bond donors (Lipinski definition) is 0. The zero-order chi connectivity index (χ0) is 17.4. The van der Waals surface area contributed by atoms with Crippen LogP contribution in [-0.2, 0) is 6.54 Å². The summed E-state index contributed by atoms with van der Waals surface area (Å²) in [5, 5.41) is 12.7. The number of aromatic nitrogens is 5. The smallest absolute Gasteiger partial charge is 0.260 e. The van der Waals surface area contributed by atoms with Gasteiger partial charge in [0.05, 0.1) is 11.1 Å². The molecule has 2 aromatic heterocycles. The van der Waals surface area contributed by atoms with E-state index in [1.54, 1.807) is 0 Å². The van der Waals surface area contributed by atoms with Crippen LogP contribution in [0.25, 0.3) is 33.9 Å². The highest BCUT2D eigenvalue weighted by atomic mass is 16.5. The minimum absolute atomic E-state index is 0.461. The number of fused-ring (bicyclic) bond motifs is 1. The summed E-state index contributed by atoms with van der Waals surface area (Å²) in [6, 6.07) is 12.1. The van der Waals surface area contributed by atoms with Crippen molar-refractivity contribution in [3.05, 3.63) is 47.5 Å². The molecule has 25 heavy (non-hydrogen) atoms. The zero-order valence-electron chi connectivity index (χ0n) is 14.5. The van der Waals surface area contributed by atoms with Crippen molar-refractivity contribution in [1.29, 1.82) is 0 Å². The Bertz CT molecular complexity index is 1030. The topological polar surface area (TPSA) is 69.6 Å². The first-order valence-electron chi connectivity index (χ1n) is 8.40. The molecule has 0 atom stereocenters. The Morgan fingerprint density at radius 2 is 1.88 bits per heavy atom. The maximum absolute atomic E-state index is 5.52. The van der Waals surface area contributed by atoms with Crippen molar-refractivity contribution in [3.8, 4) is 22.8 Å². The second kappa shape index (κ2) is 6.12. The molecule has 4 aromatic rings. The van der Waals surface area contributed by atoms with E-state index in [-0.39, 0.29) is 0 Å². The fourth-order valence-electron chi connectivity index (χ4n) is 3.10. The van der Waals surface area contributed by atoms with Crippen molar-refractivity contribution < 1.29 is 4.52 Å². The molecule has 0 saturated carbocycles. The third-order valence-electron chi connectivity index (χ3n) is 4.12. The van der Waals surface area contributed by atoms with Gasteiger partial charge in [0.2, 0.25) is 5.82 Å². The molecule has 4 rings (SSSR count). The first-order valence-corrected chi connectivity index (χ1v) is 8.40. The summed E-state index contributed by atoms with van der Waals surface area (Å²) in [7, 11) is 0. The van der Waals surface area contributed by atoms with Gasteiger partial charge < -0.3 is 4.52 Å². The third kappa shape index (κ3) is 2.80. The van der Waals surface area contributed by atoms with E-state index in [2.05, 4.69) is 59.4 Å². The van der Waals surface area contributed by atoms with Gasteiger partial charge >= 0.3 is 0 Å². The van der Waals surface area contributed by atoms with E-state index in [0.29, 0.717) is 11.7 Å². The van der Waals surface area contributed by atoms with Gasteiger partial charge in [-0.15, -0.1) is 5.10 Å². The average molecular weight is 333 g/mol. The summed E-state index contributed by atoms with van der Waals surface area (Å²) in [6.45, 7) is 7.07. The van der Waals surface area contributed by atoms with E-state index in [1.165, 1.54) is 11.1 Å². The number of rotatable bonds is 4. The van der Waals surface area contributed by atoms with E-state index < -0.39 is 0 Å². The van der Waals surface area contributed by atoms with Crippen LogP contribution >= 0.6 is 0 Å². The van der Waals surface area contributed by atoms with Gasteiger partial charge in [0, 0.05) is 12.1 Å². The van der Waals surface area contributed by atoms with E-state index >= 15 is 0 Å². The van der Waals surface area contributed by atoms with Crippen LogP contribution in [0.5, 0.6) is 0 Å². The third-order valence-corrected chi connectivity index (χ3v) is 4.12. The van der Waals surface area contributed by atoms with Crippen LogP contribution in [0, 0.1) is 13.8 Å². The Labute approximate surface area is 145 Å². The molecule has 6 nitrogen and oxygen atoms in total. The van der Waals surface area contributed by atoms with Crippen LogP contribution in [-0.4, -0.2) is 25.1 Å². The Hall–Kier alpha value is -3.02. The molecule has 0 aliphatic heterocycles. The van der Waals surface area contributed by atoms with E-state index in [9.17, 15) is 0 Å². The highest BCUT2D eigenvalue weighted by molar-refractivity contribution is 5.89. The summed E-state index contributed by atoms with van der Waals surface area (Å²) in [4.78, 5) is 4.58. The number of nitrogens with zero attached hydrogens (tertiary/aromatic N) is 5. The maximum Gasteiger partial charge on any atom is 0.260 e. The molecular weight excluding hydrogens is 314 g/mol. The van der Waals surface area contributed by atoms with Crippen LogP contribution in [0.1, 0.15) is 24.5 Å². The quantitative estimate of drug-likeness (QED) is 0.560. The molecule has 0 bridgehead atoms. The zero-order valence-corrected chi connectivity index (χ0v) is 14.5. The first kappa shape index (κ1) is 15.5. The molecule has 0 unspecified atom stereocenters. The van der Waals surface area contributed by atoms with Crippen molar-refractivity contribution >= 4 is 11.0 Å². The predicted molar refractivity (Wildman–Crippen MR) is 96.0 cm³/mol. The van der Waals surface area contributed by atoms with Gasteiger partial charge in [0.1, 0.15) is 5.52 Å². The van der Waals surface area contributed by atoms with Crippen molar-refractivity contribution in [2.45, 2.75) is 33.7 Å². The van der Waals surface area contributed by atoms with Gasteiger partial charge in [-0.2, -0.15) is 4.98 Å². The Morgan fingerprint density at radius 1 is 1.08 bits per heavy atom.